The van der Waals surface area contributed by atoms with Crippen molar-refractivity contribution in [2.24, 2.45) is 11.1 Å². The number of hydrogen-bond donors (Lipinski definition) is 1. The highest BCUT2D eigenvalue weighted by Gasteiger charge is 2.40. The maximum atomic E-state index is 9.35. The Bertz CT molecular complexity index is 457. The van der Waals surface area contributed by atoms with Crippen molar-refractivity contribution in [1.29, 1.82) is 0 Å². The second-order valence-corrected chi connectivity index (χ2v) is 5.85. The first-order valence-corrected chi connectivity index (χ1v) is 7.29. The summed E-state index contributed by atoms with van der Waals surface area (Å²) >= 11 is 0. The van der Waals surface area contributed by atoms with Crippen molar-refractivity contribution >= 4 is 5.71 Å². The van der Waals surface area contributed by atoms with Gasteiger partial charge in [-0.15, -0.1) is 0 Å². The molecule has 1 aromatic carbocycles. The van der Waals surface area contributed by atoms with Crippen LogP contribution in [0, 0.1) is 5.92 Å². The molecule has 0 spiro atoms. The van der Waals surface area contributed by atoms with Crippen molar-refractivity contribution in [2.45, 2.75) is 44.2 Å². The number of piperidine rings is 1. The molecule has 0 amide bonds. The van der Waals surface area contributed by atoms with Gasteiger partial charge < -0.3 is 5.21 Å². The molecule has 1 saturated carbocycles. The Kier molecular flexibility index (Phi) is 3.56. The molecular formula is C16H22N2O. The van der Waals surface area contributed by atoms with E-state index in [1.807, 2.05) is 0 Å². The summed E-state index contributed by atoms with van der Waals surface area (Å²) in [6.07, 6.45) is 5.83. The lowest BCUT2D eigenvalue weighted by Crippen LogP contribution is -2.50. The van der Waals surface area contributed by atoms with E-state index in [2.05, 4.69) is 47.4 Å². The largest absolute Gasteiger partial charge is 0.411 e. The molecule has 19 heavy (non-hydrogen) atoms. The number of hydrogen-bond acceptors (Lipinski definition) is 3. The molecule has 0 aromatic heterocycles. The minimum atomic E-state index is 0.353. The third-order valence-corrected chi connectivity index (χ3v) is 4.89. The molecule has 0 bridgehead atoms. The summed E-state index contributed by atoms with van der Waals surface area (Å²) in [6.45, 7) is 0. The summed E-state index contributed by atoms with van der Waals surface area (Å²) in [4.78, 5) is 2.51. The molecule has 1 aromatic rings. The van der Waals surface area contributed by atoms with Gasteiger partial charge in [-0.05, 0) is 25.5 Å². The Labute approximate surface area is 114 Å². The normalized spacial score (nSPS) is 34.2. The van der Waals surface area contributed by atoms with Crippen molar-refractivity contribution in [3.63, 3.8) is 0 Å². The fourth-order valence-corrected chi connectivity index (χ4v) is 3.86. The second kappa shape index (κ2) is 5.33. The van der Waals surface area contributed by atoms with E-state index < -0.39 is 0 Å². The highest BCUT2D eigenvalue weighted by atomic mass is 16.4. The van der Waals surface area contributed by atoms with E-state index >= 15 is 0 Å². The molecule has 102 valence electrons. The molecule has 1 aliphatic heterocycles. The van der Waals surface area contributed by atoms with E-state index in [4.69, 9.17) is 0 Å². The predicted molar refractivity (Wildman–Crippen MR) is 76.5 cm³/mol. The van der Waals surface area contributed by atoms with Crippen molar-refractivity contribution in [3.05, 3.63) is 35.9 Å². The van der Waals surface area contributed by atoms with Gasteiger partial charge in [0.15, 0.2) is 0 Å². The molecule has 2 aliphatic rings. The van der Waals surface area contributed by atoms with Crippen LogP contribution in [0.4, 0.5) is 0 Å². The summed E-state index contributed by atoms with van der Waals surface area (Å²) < 4.78 is 0. The van der Waals surface area contributed by atoms with Gasteiger partial charge in [-0.3, -0.25) is 4.90 Å². The van der Waals surface area contributed by atoms with Crippen molar-refractivity contribution in [3.8, 4) is 0 Å². The van der Waals surface area contributed by atoms with Crippen LogP contribution in [-0.4, -0.2) is 28.9 Å². The number of rotatable bonds is 1. The van der Waals surface area contributed by atoms with E-state index in [9.17, 15) is 5.21 Å². The molecule has 3 rings (SSSR count). The number of fused-ring (bicyclic) bond motifs is 1. The van der Waals surface area contributed by atoms with Crippen molar-refractivity contribution in [2.75, 3.05) is 7.05 Å². The fourth-order valence-electron chi connectivity index (χ4n) is 3.86. The van der Waals surface area contributed by atoms with Crippen molar-refractivity contribution in [1.82, 2.24) is 4.90 Å². The zero-order chi connectivity index (χ0) is 13.2. The topological polar surface area (TPSA) is 35.8 Å². The lowest BCUT2D eigenvalue weighted by atomic mass is 9.74. The Balaban J connectivity index is 1.91. The van der Waals surface area contributed by atoms with Crippen LogP contribution in [0.1, 0.15) is 43.7 Å². The van der Waals surface area contributed by atoms with Gasteiger partial charge in [0.1, 0.15) is 0 Å². The van der Waals surface area contributed by atoms with Crippen LogP contribution in [0.2, 0.25) is 0 Å². The van der Waals surface area contributed by atoms with Gasteiger partial charge in [0.25, 0.3) is 0 Å². The maximum absolute atomic E-state index is 9.35. The van der Waals surface area contributed by atoms with Crippen LogP contribution in [0.15, 0.2) is 35.5 Å². The molecule has 0 radical (unpaired) electrons. The number of nitrogens with zero attached hydrogens (tertiary/aromatic N) is 2. The minimum Gasteiger partial charge on any atom is -0.411 e. The molecule has 3 heteroatoms. The molecule has 3 atom stereocenters. The minimum absolute atomic E-state index is 0.353. The maximum Gasteiger partial charge on any atom is 0.0636 e. The monoisotopic (exact) mass is 258 g/mol. The van der Waals surface area contributed by atoms with Gasteiger partial charge in [0, 0.05) is 24.4 Å². The van der Waals surface area contributed by atoms with Gasteiger partial charge in [0.05, 0.1) is 5.71 Å². The zero-order valence-corrected chi connectivity index (χ0v) is 11.5. The second-order valence-electron chi connectivity index (χ2n) is 5.85. The van der Waals surface area contributed by atoms with E-state index in [0.29, 0.717) is 18.0 Å². The van der Waals surface area contributed by atoms with Crippen LogP contribution < -0.4 is 0 Å². The van der Waals surface area contributed by atoms with Crippen LogP contribution in [0.25, 0.3) is 0 Å². The molecule has 1 aliphatic carbocycles. The molecule has 1 saturated heterocycles. The zero-order valence-electron chi connectivity index (χ0n) is 11.5. The average Bonchev–Trinajstić information content (AvgIpc) is 2.49. The fraction of sp³-hybridized carbons (Fsp3) is 0.562. The Morgan fingerprint density at radius 2 is 1.89 bits per heavy atom. The first-order valence-electron chi connectivity index (χ1n) is 7.29. The number of benzene rings is 1. The highest BCUT2D eigenvalue weighted by Crippen LogP contribution is 2.40. The standard InChI is InChI=1S/C16H22N2O/c1-18-15-10-6-5-9-13(15)14(17-19)11-16(18)12-7-3-2-4-8-12/h2-4,7-8,13,15-16,19H,5-6,9-11H2,1H3/b17-14+/t13-,15+,16+/m1/s1. The van der Waals surface area contributed by atoms with Crippen LogP contribution in [0.3, 0.4) is 0 Å². The molecule has 1 N–H and O–H groups in total. The van der Waals surface area contributed by atoms with E-state index in [1.165, 1.54) is 31.2 Å². The third kappa shape index (κ3) is 2.27. The van der Waals surface area contributed by atoms with Crippen molar-refractivity contribution < 1.29 is 5.21 Å². The Morgan fingerprint density at radius 3 is 2.63 bits per heavy atom. The molecule has 0 unspecified atom stereocenters. The lowest BCUT2D eigenvalue weighted by molar-refractivity contribution is 0.0926. The van der Waals surface area contributed by atoms with Gasteiger partial charge >= 0.3 is 0 Å². The summed E-state index contributed by atoms with van der Waals surface area (Å²) in [6, 6.07) is 11.5. The molecule has 2 fully saturated rings. The summed E-state index contributed by atoms with van der Waals surface area (Å²) in [5.41, 5.74) is 2.34. The van der Waals surface area contributed by atoms with Gasteiger partial charge in [-0.25, -0.2) is 0 Å². The van der Waals surface area contributed by atoms with E-state index in [0.717, 1.165) is 12.1 Å². The quantitative estimate of drug-likeness (QED) is 0.618. The van der Waals surface area contributed by atoms with Gasteiger partial charge in [-0.2, -0.15) is 0 Å². The SMILES string of the molecule is CN1[C@H](c2ccccc2)C/C(=N\O)[C@H]2CCCC[C@@H]21. The number of likely N-dealkylation sites (tertiary alicyclic amines) is 1. The highest BCUT2D eigenvalue weighted by molar-refractivity contribution is 5.88. The van der Waals surface area contributed by atoms with Crippen LogP contribution >= 0.6 is 0 Å². The molecule has 1 heterocycles. The van der Waals surface area contributed by atoms with E-state index in [-0.39, 0.29) is 0 Å². The molecular weight excluding hydrogens is 236 g/mol. The summed E-state index contributed by atoms with van der Waals surface area (Å²) in [5.74, 6) is 0.462. The summed E-state index contributed by atoms with van der Waals surface area (Å²) in [5, 5.41) is 13.0. The van der Waals surface area contributed by atoms with Gasteiger partial charge in [-0.1, -0.05) is 48.3 Å². The predicted octanol–water partition coefficient (Wildman–Crippen LogP) is 3.45. The third-order valence-electron chi connectivity index (χ3n) is 4.89. The van der Waals surface area contributed by atoms with Crippen LogP contribution in [0.5, 0.6) is 0 Å². The van der Waals surface area contributed by atoms with E-state index in [1.54, 1.807) is 0 Å². The lowest BCUT2D eigenvalue weighted by Gasteiger charge is -2.47. The van der Waals surface area contributed by atoms with Gasteiger partial charge in [0.2, 0.25) is 0 Å². The Morgan fingerprint density at radius 1 is 1.16 bits per heavy atom. The first-order chi connectivity index (χ1) is 9.31. The smallest absolute Gasteiger partial charge is 0.0636 e. The molecule has 3 nitrogen and oxygen atoms in total. The number of oxime groups is 1. The first kappa shape index (κ1) is 12.7. The summed E-state index contributed by atoms with van der Waals surface area (Å²) in [7, 11) is 2.23. The van der Waals surface area contributed by atoms with Crippen LogP contribution in [-0.2, 0) is 0 Å². The Hall–Kier alpha value is -1.35. The average molecular weight is 258 g/mol.